The van der Waals surface area contributed by atoms with E-state index >= 15 is 0 Å². The molecule has 0 N–H and O–H groups in total. The lowest BCUT2D eigenvalue weighted by Gasteiger charge is -2.08. The molecule has 2 nitrogen and oxygen atoms in total. The minimum absolute atomic E-state index is 0.283. The first-order chi connectivity index (χ1) is 10.5. The third kappa shape index (κ3) is 3.18. The van der Waals surface area contributed by atoms with E-state index in [1.54, 1.807) is 0 Å². The predicted molar refractivity (Wildman–Crippen MR) is 81.0 cm³/mol. The maximum atomic E-state index is 14.1. The SMILES string of the molecule is Cn1c(Cl)c(-c2cc(C(=O)Cl)c(Cl)cc2F)c(Cl)c1C(F)(F)F. The van der Waals surface area contributed by atoms with Gasteiger partial charge in [0, 0.05) is 18.2 Å². The van der Waals surface area contributed by atoms with Crippen LogP contribution in [-0.2, 0) is 13.2 Å². The summed E-state index contributed by atoms with van der Waals surface area (Å²) in [5.74, 6) is -1.00. The minimum atomic E-state index is -4.80. The van der Waals surface area contributed by atoms with Crippen LogP contribution in [0.15, 0.2) is 12.1 Å². The van der Waals surface area contributed by atoms with E-state index in [0.29, 0.717) is 4.57 Å². The third-order valence-corrected chi connectivity index (χ3v) is 4.40. The van der Waals surface area contributed by atoms with Gasteiger partial charge in [-0.1, -0.05) is 34.8 Å². The zero-order valence-corrected chi connectivity index (χ0v) is 14.1. The molecule has 0 bridgehead atoms. The Morgan fingerprint density at radius 1 is 1.17 bits per heavy atom. The Kier molecular flexibility index (Phi) is 4.93. The van der Waals surface area contributed by atoms with E-state index in [2.05, 4.69) is 0 Å². The summed E-state index contributed by atoms with van der Waals surface area (Å²) in [6.07, 6.45) is -4.80. The van der Waals surface area contributed by atoms with Crippen LogP contribution < -0.4 is 0 Å². The van der Waals surface area contributed by atoms with E-state index < -0.39 is 44.2 Å². The zero-order chi connectivity index (χ0) is 17.7. The van der Waals surface area contributed by atoms with Gasteiger partial charge in [-0.3, -0.25) is 4.79 Å². The van der Waals surface area contributed by atoms with Gasteiger partial charge in [-0.15, -0.1) is 0 Å². The highest BCUT2D eigenvalue weighted by molar-refractivity contribution is 6.68. The van der Waals surface area contributed by atoms with Crippen molar-refractivity contribution < 1.29 is 22.4 Å². The van der Waals surface area contributed by atoms with Crippen molar-refractivity contribution in [1.82, 2.24) is 4.57 Å². The fourth-order valence-corrected chi connectivity index (χ4v) is 3.25. The first kappa shape index (κ1) is 18.4. The molecule has 1 aromatic heterocycles. The molecule has 0 aliphatic rings. The molecule has 0 aliphatic carbocycles. The van der Waals surface area contributed by atoms with E-state index in [-0.39, 0.29) is 10.6 Å². The van der Waals surface area contributed by atoms with E-state index in [4.69, 9.17) is 46.4 Å². The van der Waals surface area contributed by atoms with Gasteiger partial charge < -0.3 is 4.57 Å². The van der Waals surface area contributed by atoms with Gasteiger partial charge in [0.25, 0.3) is 5.24 Å². The number of halogens is 8. The second-order valence-electron chi connectivity index (χ2n) is 4.47. The highest BCUT2D eigenvalue weighted by atomic mass is 35.5. The molecule has 0 radical (unpaired) electrons. The molecule has 0 saturated heterocycles. The number of nitrogens with zero attached hydrogens (tertiary/aromatic N) is 1. The maximum Gasteiger partial charge on any atom is 0.432 e. The van der Waals surface area contributed by atoms with E-state index in [9.17, 15) is 22.4 Å². The van der Waals surface area contributed by atoms with Crippen LogP contribution in [0, 0.1) is 5.82 Å². The van der Waals surface area contributed by atoms with Crippen LogP contribution in [0.3, 0.4) is 0 Å². The number of rotatable bonds is 2. The molecule has 2 aromatic rings. The molecule has 2 rings (SSSR count). The predicted octanol–water partition coefficient (Wildman–Crippen LogP) is 6.19. The van der Waals surface area contributed by atoms with Gasteiger partial charge in [0.2, 0.25) is 0 Å². The maximum absolute atomic E-state index is 14.1. The van der Waals surface area contributed by atoms with Crippen molar-refractivity contribution in [3.05, 3.63) is 44.4 Å². The van der Waals surface area contributed by atoms with Crippen LogP contribution in [0.2, 0.25) is 15.2 Å². The summed E-state index contributed by atoms with van der Waals surface area (Å²) in [6.45, 7) is 0. The van der Waals surface area contributed by atoms with Gasteiger partial charge in [-0.25, -0.2) is 4.39 Å². The van der Waals surface area contributed by atoms with Crippen molar-refractivity contribution in [3.63, 3.8) is 0 Å². The highest BCUT2D eigenvalue weighted by Gasteiger charge is 2.40. The number of carbonyl (C=O) groups excluding carboxylic acids is 1. The fourth-order valence-electron chi connectivity index (χ4n) is 2.06. The number of benzene rings is 1. The van der Waals surface area contributed by atoms with Crippen LogP contribution in [-0.4, -0.2) is 9.81 Å². The largest absolute Gasteiger partial charge is 0.432 e. The number of hydrogen-bond donors (Lipinski definition) is 0. The molecule has 23 heavy (non-hydrogen) atoms. The first-order valence-electron chi connectivity index (χ1n) is 5.77. The minimum Gasteiger partial charge on any atom is -0.329 e. The molecule has 0 atom stereocenters. The molecule has 0 aliphatic heterocycles. The summed E-state index contributed by atoms with van der Waals surface area (Å²) >= 11 is 22.6. The van der Waals surface area contributed by atoms with Crippen molar-refractivity contribution in [2.24, 2.45) is 7.05 Å². The number of hydrogen-bond acceptors (Lipinski definition) is 1. The molecule has 0 fully saturated rings. The average molecular weight is 409 g/mol. The van der Waals surface area contributed by atoms with Crippen molar-refractivity contribution in [1.29, 1.82) is 0 Å². The fraction of sp³-hybridized carbons (Fsp3) is 0.154. The molecule has 124 valence electrons. The van der Waals surface area contributed by atoms with Gasteiger partial charge in [0.15, 0.2) is 0 Å². The summed E-state index contributed by atoms with van der Waals surface area (Å²) < 4.78 is 53.8. The lowest BCUT2D eigenvalue weighted by molar-refractivity contribution is -0.142. The zero-order valence-electron chi connectivity index (χ0n) is 11.0. The Balaban J connectivity index is 2.84. The van der Waals surface area contributed by atoms with E-state index in [0.717, 1.165) is 19.2 Å². The van der Waals surface area contributed by atoms with Crippen molar-refractivity contribution in [2.75, 3.05) is 0 Å². The topological polar surface area (TPSA) is 22.0 Å². The Labute approximate surface area is 147 Å². The molecule has 1 aromatic carbocycles. The third-order valence-electron chi connectivity index (χ3n) is 3.07. The summed E-state index contributed by atoms with van der Waals surface area (Å²) in [5.41, 5.74) is -2.35. The molecular weight excluding hydrogens is 404 g/mol. The first-order valence-corrected chi connectivity index (χ1v) is 7.28. The number of alkyl halides is 3. The van der Waals surface area contributed by atoms with Crippen molar-refractivity contribution in [2.45, 2.75) is 6.18 Å². The monoisotopic (exact) mass is 407 g/mol. The lowest BCUT2D eigenvalue weighted by Crippen LogP contribution is -2.11. The van der Waals surface area contributed by atoms with Crippen molar-refractivity contribution in [3.8, 4) is 11.1 Å². The lowest BCUT2D eigenvalue weighted by atomic mass is 10.0. The smallest absolute Gasteiger partial charge is 0.329 e. The number of carbonyl (C=O) groups is 1. The molecule has 1 heterocycles. The Morgan fingerprint density at radius 3 is 2.17 bits per heavy atom. The van der Waals surface area contributed by atoms with Gasteiger partial charge >= 0.3 is 6.18 Å². The van der Waals surface area contributed by atoms with Gasteiger partial charge in [-0.2, -0.15) is 13.2 Å². The van der Waals surface area contributed by atoms with Gasteiger partial charge in [0.1, 0.15) is 16.7 Å². The van der Waals surface area contributed by atoms with Crippen LogP contribution in [0.1, 0.15) is 16.1 Å². The van der Waals surface area contributed by atoms with E-state index in [1.807, 2.05) is 0 Å². The van der Waals surface area contributed by atoms with E-state index in [1.165, 1.54) is 0 Å². The molecule has 0 unspecified atom stereocenters. The quantitative estimate of drug-likeness (QED) is 0.429. The van der Waals surface area contributed by atoms with Crippen LogP contribution in [0.25, 0.3) is 11.1 Å². The Hall–Kier alpha value is -0.950. The summed E-state index contributed by atoms with van der Waals surface area (Å²) in [6, 6.07) is 1.65. The van der Waals surface area contributed by atoms with Crippen molar-refractivity contribution >= 4 is 51.6 Å². The summed E-state index contributed by atoms with van der Waals surface area (Å²) in [4.78, 5) is 11.3. The molecule has 0 saturated carbocycles. The van der Waals surface area contributed by atoms with Crippen LogP contribution in [0.4, 0.5) is 17.6 Å². The second kappa shape index (κ2) is 6.16. The van der Waals surface area contributed by atoms with Crippen LogP contribution >= 0.6 is 46.4 Å². The van der Waals surface area contributed by atoms with Crippen LogP contribution in [0.5, 0.6) is 0 Å². The molecule has 0 spiro atoms. The standard InChI is InChI=1S/C13H5Cl4F4NO/c1-22-10(13(19,20)21)9(15)8(11(22)16)5-2-4(12(17)23)6(14)3-7(5)18/h2-3H,1H3. The van der Waals surface area contributed by atoms with Gasteiger partial charge in [0.05, 0.1) is 15.6 Å². The summed E-state index contributed by atoms with van der Waals surface area (Å²) in [5, 5.41) is -2.53. The Morgan fingerprint density at radius 2 is 1.74 bits per heavy atom. The average Bonchev–Trinajstić information content (AvgIpc) is 2.60. The highest BCUT2D eigenvalue weighted by Crippen LogP contribution is 2.46. The molecular formula is C13H5Cl4F4NO. The Bertz CT molecular complexity index is 814. The van der Waals surface area contributed by atoms with Gasteiger partial charge in [-0.05, 0) is 23.7 Å². The molecule has 0 amide bonds. The normalized spacial score (nSPS) is 11.9. The summed E-state index contributed by atoms with van der Waals surface area (Å²) in [7, 11) is 1.03. The number of aromatic nitrogens is 1. The second-order valence-corrected chi connectivity index (χ2v) is 5.96. The molecule has 10 heteroatoms.